The van der Waals surface area contributed by atoms with Gasteiger partial charge in [0.2, 0.25) is 0 Å². The first kappa shape index (κ1) is 16.5. The van der Waals surface area contributed by atoms with Crippen molar-refractivity contribution in [1.29, 1.82) is 0 Å². The quantitative estimate of drug-likeness (QED) is 0.873. The second-order valence-electron chi connectivity index (χ2n) is 7.06. The number of likely N-dealkylation sites (tertiary alicyclic amines) is 1. The minimum atomic E-state index is 0.484. The highest BCUT2D eigenvalue weighted by atomic mass is 16.3. The van der Waals surface area contributed by atoms with Gasteiger partial charge in [-0.05, 0) is 38.6 Å². The molecule has 4 heteroatoms. The molecule has 2 unspecified atom stereocenters. The maximum Gasteiger partial charge on any atom is 0.120 e. The van der Waals surface area contributed by atoms with Crippen LogP contribution in [0.15, 0.2) is 10.5 Å². The van der Waals surface area contributed by atoms with E-state index in [2.05, 4.69) is 63.0 Å². The van der Waals surface area contributed by atoms with Crippen molar-refractivity contribution < 1.29 is 4.42 Å². The SMILES string of the molecule is Cc1cc(CN2CC(C)C(N(C)C)C2)oc1CNC(C)C. The van der Waals surface area contributed by atoms with Crippen molar-refractivity contribution in [1.82, 2.24) is 15.1 Å². The average molecular weight is 293 g/mol. The first-order valence-corrected chi connectivity index (χ1v) is 8.07. The van der Waals surface area contributed by atoms with Gasteiger partial charge in [0.15, 0.2) is 0 Å². The Morgan fingerprint density at radius 2 is 2.10 bits per heavy atom. The van der Waals surface area contributed by atoms with Gasteiger partial charge in [0, 0.05) is 25.2 Å². The molecule has 0 spiro atoms. The Labute approximate surface area is 129 Å². The number of furan rings is 1. The first-order chi connectivity index (χ1) is 9.86. The van der Waals surface area contributed by atoms with E-state index in [0.717, 1.165) is 43.6 Å². The smallest absolute Gasteiger partial charge is 0.120 e. The predicted octanol–water partition coefficient (Wildman–Crippen LogP) is 2.47. The van der Waals surface area contributed by atoms with E-state index >= 15 is 0 Å². The molecule has 1 N–H and O–H groups in total. The lowest BCUT2D eigenvalue weighted by Gasteiger charge is -2.22. The van der Waals surface area contributed by atoms with Crippen molar-refractivity contribution in [2.75, 3.05) is 27.2 Å². The summed E-state index contributed by atoms with van der Waals surface area (Å²) in [6.45, 7) is 12.8. The Morgan fingerprint density at radius 3 is 2.67 bits per heavy atom. The number of rotatable bonds is 6. The number of nitrogens with zero attached hydrogens (tertiary/aromatic N) is 2. The van der Waals surface area contributed by atoms with Crippen LogP contribution in [0.1, 0.15) is 37.9 Å². The van der Waals surface area contributed by atoms with Crippen LogP contribution in [-0.4, -0.2) is 49.1 Å². The number of likely N-dealkylation sites (N-methyl/N-ethyl adjacent to an activating group) is 1. The van der Waals surface area contributed by atoms with Gasteiger partial charge in [0.25, 0.3) is 0 Å². The summed E-state index contributed by atoms with van der Waals surface area (Å²) in [4.78, 5) is 4.85. The van der Waals surface area contributed by atoms with E-state index in [-0.39, 0.29) is 0 Å². The van der Waals surface area contributed by atoms with E-state index in [4.69, 9.17) is 4.42 Å². The van der Waals surface area contributed by atoms with Gasteiger partial charge in [-0.1, -0.05) is 20.8 Å². The molecule has 1 aromatic heterocycles. The average Bonchev–Trinajstić information content (AvgIpc) is 2.90. The lowest BCUT2D eigenvalue weighted by Crippen LogP contribution is -2.34. The highest BCUT2D eigenvalue weighted by Crippen LogP contribution is 2.23. The predicted molar refractivity (Wildman–Crippen MR) is 87.3 cm³/mol. The summed E-state index contributed by atoms with van der Waals surface area (Å²) in [5.74, 6) is 2.90. The Kier molecular flexibility index (Phi) is 5.47. The molecule has 0 aliphatic carbocycles. The molecule has 4 nitrogen and oxygen atoms in total. The lowest BCUT2D eigenvalue weighted by atomic mass is 10.1. The monoisotopic (exact) mass is 293 g/mol. The zero-order valence-corrected chi connectivity index (χ0v) is 14.4. The highest BCUT2D eigenvalue weighted by Gasteiger charge is 2.31. The molecule has 0 saturated carbocycles. The molecule has 1 saturated heterocycles. The zero-order chi connectivity index (χ0) is 15.6. The molecule has 120 valence electrons. The topological polar surface area (TPSA) is 31.6 Å². The fraction of sp³-hybridized carbons (Fsp3) is 0.765. The van der Waals surface area contributed by atoms with Crippen LogP contribution in [-0.2, 0) is 13.1 Å². The van der Waals surface area contributed by atoms with Crippen molar-refractivity contribution in [2.45, 2.75) is 52.9 Å². The van der Waals surface area contributed by atoms with E-state index in [1.165, 1.54) is 5.56 Å². The second-order valence-corrected chi connectivity index (χ2v) is 7.06. The second kappa shape index (κ2) is 6.95. The van der Waals surface area contributed by atoms with E-state index in [1.807, 2.05) is 0 Å². The molecular weight excluding hydrogens is 262 g/mol. The first-order valence-electron chi connectivity index (χ1n) is 8.07. The molecule has 1 aliphatic rings. The molecule has 2 rings (SSSR count). The van der Waals surface area contributed by atoms with E-state index in [1.54, 1.807) is 0 Å². The fourth-order valence-corrected chi connectivity index (χ4v) is 3.21. The fourth-order valence-electron chi connectivity index (χ4n) is 3.21. The van der Waals surface area contributed by atoms with Gasteiger partial charge in [0.1, 0.15) is 11.5 Å². The minimum Gasteiger partial charge on any atom is -0.463 e. The van der Waals surface area contributed by atoms with E-state index in [9.17, 15) is 0 Å². The summed E-state index contributed by atoms with van der Waals surface area (Å²) in [6, 6.07) is 3.34. The van der Waals surface area contributed by atoms with Crippen molar-refractivity contribution >= 4 is 0 Å². The number of nitrogens with one attached hydrogen (secondary N) is 1. The van der Waals surface area contributed by atoms with Crippen LogP contribution in [0.5, 0.6) is 0 Å². The Balaban J connectivity index is 1.93. The Morgan fingerprint density at radius 1 is 1.38 bits per heavy atom. The molecule has 21 heavy (non-hydrogen) atoms. The summed E-state index contributed by atoms with van der Waals surface area (Å²) in [5.41, 5.74) is 1.26. The molecule has 0 amide bonds. The molecule has 0 radical (unpaired) electrons. The van der Waals surface area contributed by atoms with Crippen molar-refractivity contribution in [3.05, 3.63) is 23.2 Å². The third-order valence-electron chi connectivity index (χ3n) is 4.43. The summed E-state index contributed by atoms with van der Waals surface area (Å²) in [5, 5.41) is 3.42. The van der Waals surface area contributed by atoms with Crippen molar-refractivity contribution in [2.24, 2.45) is 5.92 Å². The number of aryl methyl sites for hydroxylation is 1. The summed E-state index contributed by atoms with van der Waals surface area (Å²) in [6.07, 6.45) is 0. The molecule has 1 aromatic rings. The number of hydrogen-bond donors (Lipinski definition) is 1. The van der Waals surface area contributed by atoms with Gasteiger partial charge >= 0.3 is 0 Å². The molecule has 1 fully saturated rings. The summed E-state index contributed by atoms with van der Waals surface area (Å²) < 4.78 is 6.04. The van der Waals surface area contributed by atoms with Gasteiger partial charge in [-0.15, -0.1) is 0 Å². The Hall–Kier alpha value is -0.840. The van der Waals surface area contributed by atoms with Gasteiger partial charge < -0.3 is 14.6 Å². The van der Waals surface area contributed by atoms with Crippen LogP contribution in [0.3, 0.4) is 0 Å². The zero-order valence-electron chi connectivity index (χ0n) is 14.4. The highest BCUT2D eigenvalue weighted by molar-refractivity contribution is 5.20. The molecule has 0 aromatic carbocycles. The molecular formula is C17H31N3O. The van der Waals surface area contributed by atoms with Crippen LogP contribution < -0.4 is 5.32 Å². The van der Waals surface area contributed by atoms with Crippen LogP contribution in [0.4, 0.5) is 0 Å². The maximum atomic E-state index is 6.04. The van der Waals surface area contributed by atoms with Crippen molar-refractivity contribution in [3.8, 4) is 0 Å². The molecule has 2 heterocycles. The maximum absolute atomic E-state index is 6.04. The van der Waals surface area contributed by atoms with Gasteiger partial charge in [-0.25, -0.2) is 0 Å². The minimum absolute atomic E-state index is 0.484. The van der Waals surface area contributed by atoms with Gasteiger partial charge in [-0.3, -0.25) is 4.90 Å². The molecule has 0 bridgehead atoms. The third kappa shape index (κ3) is 4.31. The van der Waals surface area contributed by atoms with E-state index in [0.29, 0.717) is 12.1 Å². The van der Waals surface area contributed by atoms with Crippen LogP contribution in [0, 0.1) is 12.8 Å². The molecule has 1 aliphatic heterocycles. The normalized spacial score (nSPS) is 23.6. The van der Waals surface area contributed by atoms with Crippen LogP contribution in [0.25, 0.3) is 0 Å². The largest absolute Gasteiger partial charge is 0.463 e. The Bertz CT molecular complexity index is 453. The van der Waals surface area contributed by atoms with E-state index < -0.39 is 0 Å². The summed E-state index contributed by atoms with van der Waals surface area (Å²) in [7, 11) is 4.36. The van der Waals surface area contributed by atoms with Gasteiger partial charge in [0.05, 0.1) is 13.1 Å². The van der Waals surface area contributed by atoms with Gasteiger partial charge in [-0.2, -0.15) is 0 Å². The third-order valence-corrected chi connectivity index (χ3v) is 4.43. The lowest BCUT2D eigenvalue weighted by molar-refractivity contribution is 0.242. The molecule has 2 atom stereocenters. The van der Waals surface area contributed by atoms with Crippen LogP contribution in [0.2, 0.25) is 0 Å². The van der Waals surface area contributed by atoms with Crippen molar-refractivity contribution in [3.63, 3.8) is 0 Å². The summed E-state index contributed by atoms with van der Waals surface area (Å²) >= 11 is 0. The standard InChI is InChI=1S/C17H31N3O/c1-12(2)18-8-17-13(3)7-15(21-17)10-20-9-14(4)16(11-20)19(5)6/h7,12,14,16,18H,8-11H2,1-6H3. The number of hydrogen-bond acceptors (Lipinski definition) is 4. The van der Waals surface area contributed by atoms with Crippen LogP contribution >= 0.6 is 0 Å².